The highest BCUT2D eigenvalue weighted by Gasteiger charge is 2.34. The number of ketones is 1. The molecule has 25 heavy (non-hydrogen) atoms. The van der Waals surface area contributed by atoms with Gasteiger partial charge in [-0.1, -0.05) is 12.0 Å². The average Bonchev–Trinajstić information content (AvgIpc) is 2.56. The predicted molar refractivity (Wildman–Crippen MR) is 94.6 cm³/mol. The van der Waals surface area contributed by atoms with Crippen molar-refractivity contribution < 1.29 is 9.18 Å². The van der Waals surface area contributed by atoms with Gasteiger partial charge in [0.15, 0.2) is 0 Å². The van der Waals surface area contributed by atoms with E-state index in [4.69, 9.17) is 5.73 Å². The Balaban J connectivity index is 2.02. The number of pyridine rings is 1. The number of Topliss-reactive ketones (excluding diaryl/α,β-unsaturated/α-hetero) is 1. The summed E-state index contributed by atoms with van der Waals surface area (Å²) in [5.74, 6) is 4.87. The highest BCUT2D eigenvalue weighted by Crippen LogP contribution is 2.36. The maximum atomic E-state index is 14.5. The van der Waals surface area contributed by atoms with E-state index in [1.165, 1.54) is 6.07 Å². The molecule has 0 bridgehead atoms. The Bertz CT molecular complexity index is 939. The van der Waals surface area contributed by atoms with Crippen LogP contribution in [0.5, 0.6) is 0 Å². The minimum Gasteiger partial charge on any atom is -0.383 e. The van der Waals surface area contributed by atoms with Crippen LogP contribution >= 0.6 is 0 Å². The standard InChI is InChI=1S/C20H18FN3O/c1-3-4-15(25)9-13-5-6-18(21)17(10-13)20(2)11-14-12-23-8-7-16(14)19(22)24-20/h5-8,10,12H,9,11H2,1-2H3,(H2,22,24). The van der Waals surface area contributed by atoms with Gasteiger partial charge < -0.3 is 5.73 Å². The lowest BCUT2D eigenvalue weighted by Crippen LogP contribution is -2.34. The lowest BCUT2D eigenvalue weighted by Gasteiger charge is -2.32. The van der Waals surface area contributed by atoms with Crippen LogP contribution in [-0.2, 0) is 23.2 Å². The third-order valence-electron chi connectivity index (χ3n) is 4.32. The predicted octanol–water partition coefficient (Wildman–Crippen LogP) is 2.53. The molecule has 1 atom stereocenters. The van der Waals surface area contributed by atoms with Gasteiger partial charge in [0.1, 0.15) is 11.7 Å². The number of carbonyl (C=O) groups is 1. The molecule has 3 rings (SSSR count). The van der Waals surface area contributed by atoms with Gasteiger partial charge in [0.05, 0.1) is 5.54 Å². The monoisotopic (exact) mass is 335 g/mol. The third-order valence-corrected chi connectivity index (χ3v) is 4.32. The number of nitrogens with zero attached hydrogens (tertiary/aromatic N) is 2. The number of halogens is 1. The van der Waals surface area contributed by atoms with E-state index in [1.54, 1.807) is 31.5 Å². The first kappa shape index (κ1) is 16.8. The van der Waals surface area contributed by atoms with Crippen LogP contribution < -0.4 is 5.73 Å². The van der Waals surface area contributed by atoms with Gasteiger partial charge in [0.2, 0.25) is 5.78 Å². The van der Waals surface area contributed by atoms with E-state index in [0.29, 0.717) is 23.4 Å². The maximum Gasteiger partial charge on any atom is 0.209 e. The van der Waals surface area contributed by atoms with Gasteiger partial charge in [0.25, 0.3) is 0 Å². The number of nitrogens with two attached hydrogens (primary N) is 1. The Labute approximate surface area is 146 Å². The van der Waals surface area contributed by atoms with Crippen molar-refractivity contribution in [2.75, 3.05) is 0 Å². The number of fused-ring (bicyclic) bond motifs is 1. The van der Waals surface area contributed by atoms with Gasteiger partial charge >= 0.3 is 0 Å². The average molecular weight is 335 g/mol. The van der Waals surface area contributed by atoms with E-state index < -0.39 is 5.54 Å². The fourth-order valence-electron chi connectivity index (χ4n) is 3.17. The second kappa shape index (κ2) is 6.48. The van der Waals surface area contributed by atoms with Crippen LogP contribution in [0.1, 0.15) is 36.1 Å². The smallest absolute Gasteiger partial charge is 0.209 e. The molecule has 2 aromatic rings. The molecule has 0 fully saturated rings. The Hall–Kier alpha value is -3.00. The van der Waals surface area contributed by atoms with Crippen molar-refractivity contribution in [3.63, 3.8) is 0 Å². The van der Waals surface area contributed by atoms with Gasteiger partial charge in [-0.3, -0.25) is 14.8 Å². The molecule has 1 aliphatic rings. The quantitative estimate of drug-likeness (QED) is 0.692. The van der Waals surface area contributed by atoms with Crippen molar-refractivity contribution in [3.8, 4) is 11.8 Å². The summed E-state index contributed by atoms with van der Waals surface area (Å²) in [6.07, 6.45) is 4.02. The number of benzene rings is 1. The summed E-state index contributed by atoms with van der Waals surface area (Å²) in [5, 5.41) is 0. The number of aliphatic imine (C=N–C) groups is 1. The van der Waals surface area contributed by atoms with Crippen LogP contribution in [0, 0.1) is 17.7 Å². The molecule has 0 aliphatic carbocycles. The molecular weight excluding hydrogens is 317 g/mol. The zero-order chi connectivity index (χ0) is 18.0. The molecule has 1 aromatic heterocycles. The number of hydrogen-bond donors (Lipinski definition) is 1. The molecule has 0 amide bonds. The van der Waals surface area contributed by atoms with Gasteiger partial charge in [-0.25, -0.2) is 4.39 Å². The van der Waals surface area contributed by atoms with E-state index >= 15 is 0 Å². The summed E-state index contributed by atoms with van der Waals surface area (Å²) in [7, 11) is 0. The lowest BCUT2D eigenvalue weighted by molar-refractivity contribution is -0.113. The first-order valence-electron chi connectivity index (χ1n) is 7.96. The largest absolute Gasteiger partial charge is 0.383 e. The van der Waals surface area contributed by atoms with Gasteiger partial charge in [-0.15, -0.1) is 0 Å². The van der Waals surface area contributed by atoms with Crippen molar-refractivity contribution in [2.45, 2.75) is 32.2 Å². The topological polar surface area (TPSA) is 68.3 Å². The van der Waals surface area contributed by atoms with E-state index in [-0.39, 0.29) is 18.0 Å². The van der Waals surface area contributed by atoms with Crippen molar-refractivity contribution in [1.82, 2.24) is 4.98 Å². The normalized spacial score (nSPS) is 18.6. The van der Waals surface area contributed by atoms with Crippen LogP contribution in [0.25, 0.3) is 0 Å². The summed E-state index contributed by atoms with van der Waals surface area (Å²) in [6.45, 7) is 3.45. The minimum atomic E-state index is -0.848. The fraction of sp³-hybridized carbons (Fsp3) is 0.250. The maximum absolute atomic E-state index is 14.5. The highest BCUT2D eigenvalue weighted by atomic mass is 19.1. The molecule has 1 unspecified atom stereocenters. The van der Waals surface area contributed by atoms with Crippen LogP contribution in [0.3, 0.4) is 0 Å². The summed E-state index contributed by atoms with van der Waals surface area (Å²) in [5.41, 5.74) is 8.13. The minimum absolute atomic E-state index is 0.140. The number of carbonyl (C=O) groups excluding carboxylic acids is 1. The highest BCUT2D eigenvalue weighted by molar-refractivity contribution is 6.00. The third kappa shape index (κ3) is 3.29. The van der Waals surface area contributed by atoms with Gasteiger partial charge in [-0.2, -0.15) is 0 Å². The lowest BCUT2D eigenvalue weighted by atomic mass is 9.81. The zero-order valence-corrected chi connectivity index (χ0v) is 14.1. The molecule has 5 heteroatoms. The molecule has 1 aliphatic heterocycles. The van der Waals surface area contributed by atoms with E-state index in [9.17, 15) is 9.18 Å². The summed E-state index contributed by atoms with van der Waals surface area (Å²) >= 11 is 0. The molecule has 1 aromatic carbocycles. The van der Waals surface area contributed by atoms with Crippen LogP contribution in [-0.4, -0.2) is 16.6 Å². The summed E-state index contributed by atoms with van der Waals surface area (Å²) in [6, 6.07) is 6.46. The Kier molecular flexibility index (Phi) is 4.37. The number of hydrogen-bond acceptors (Lipinski definition) is 4. The zero-order valence-electron chi connectivity index (χ0n) is 14.1. The first-order valence-corrected chi connectivity index (χ1v) is 7.96. The summed E-state index contributed by atoms with van der Waals surface area (Å²) in [4.78, 5) is 20.4. The van der Waals surface area contributed by atoms with E-state index in [0.717, 1.165) is 11.1 Å². The van der Waals surface area contributed by atoms with Crippen LogP contribution in [0.15, 0.2) is 41.7 Å². The summed E-state index contributed by atoms with van der Waals surface area (Å²) < 4.78 is 14.5. The van der Waals surface area contributed by atoms with E-state index in [1.807, 2.05) is 13.0 Å². The molecule has 2 heterocycles. The second-order valence-electron chi connectivity index (χ2n) is 6.27. The molecule has 0 spiro atoms. The Morgan fingerprint density at radius 3 is 2.96 bits per heavy atom. The number of rotatable bonds is 3. The Morgan fingerprint density at radius 1 is 1.40 bits per heavy atom. The van der Waals surface area contributed by atoms with Crippen LogP contribution in [0.2, 0.25) is 0 Å². The molecule has 0 saturated carbocycles. The van der Waals surface area contributed by atoms with Gasteiger partial charge in [0, 0.05) is 36.4 Å². The van der Waals surface area contributed by atoms with Gasteiger partial charge in [-0.05, 0) is 49.1 Å². The van der Waals surface area contributed by atoms with Crippen molar-refractivity contribution in [3.05, 3.63) is 64.7 Å². The molecule has 0 saturated heterocycles. The SMILES string of the molecule is CC#CC(=O)Cc1ccc(F)c(C2(C)Cc3cnccc3C(N)=N2)c1. The first-order chi connectivity index (χ1) is 11.9. The second-order valence-corrected chi connectivity index (χ2v) is 6.27. The molecular formula is C20H18FN3O. The van der Waals surface area contributed by atoms with Crippen molar-refractivity contribution in [1.29, 1.82) is 0 Å². The molecule has 4 nitrogen and oxygen atoms in total. The van der Waals surface area contributed by atoms with Crippen molar-refractivity contribution in [2.24, 2.45) is 10.7 Å². The Morgan fingerprint density at radius 2 is 2.20 bits per heavy atom. The van der Waals surface area contributed by atoms with Crippen molar-refractivity contribution >= 4 is 11.6 Å². The molecule has 0 radical (unpaired) electrons. The fourth-order valence-corrected chi connectivity index (χ4v) is 3.17. The molecule has 2 N–H and O–H groups in total. The number of aromatic nitrogens is 1. The van der Waals surface area contributed by atoms with E-state index in [2.05, 4.69) is 21.8 Å². The number of amidine groups is 1. The van der Waals surface area contributed by atoms with Crippen LogP contribution in [0.4, 0.5) is 4.39 Å². The molecule has 126 valence electrons.